The molecule has 0 aromatic heterocycles. The minimum absolute atomic E-state index is 0.179. The van der Waals surface area contributed by atoms with E-state index < -0.39 is 5.54 Å². The molecule has 0 spiro atoms. The van der Waals surface area contributed by atoms with Gasteiger partial charge < -0.3 is 9.47 Å². The van der Waals surface area contributed by atoms with Crippen LogP contribution in [0.25, 0.3) is 0 Å². The molecule has 22 heavy (non-hydrogen) atoms. The molecule has 1 amide bonds. The van der Waals surface area contributed by atoms with Crippen molar-refractivity contribution in [2.24, 2.45) is 5.92 Å². The molecule has 1 aromatic rings. The van der Waals surface area contributed by atoms with Crippen molar-refractivity contribution < 1.29 is 23.5 Å². The van der Waals surface area contributed by atoms with E-state index in [1.807, 2.05) is 0 Å². The van der Waals surface area contributed by atoms with Crippen LogP contribution in [0.4, 0.5) is 4.39 Å². The number of amides is 1. The highest BCUT2D eigenvalue weighted by Gasteiger charge is 2.61. The number of nitrogens with zero attached hydrogens (tertiary/aromatic N) is 1. The summed E-state index contributed by atoms with van der Waals surface area (Å²) in [4.78, 5) is 17.6. The van der Waals surface area contributed by atoms with E-state index in [0.717, 1.165) is 4.47 Å². The molecule has 120 valence electrons. The van der Waals surface area contributed by atoms with Gasteiger partial charge >= 0.3 is 0 Å². The van der Waals surface area contributed by atoms with Gasteiger partial charge in [-0.2, -0.15) is 0 Å². The SMILES string of the molecule is COCC1OCC2(c3cc(Br)ccc3F)C1CON2C(C)=O. The van der Waals surface area contributed by atoms with Gasteiger partial charge in [-0.1, -0.05) is 15.9 Å². The molecule has 3 unspecified atom stereocenters. The molecule has 3 rings (SSSR count). The van der Waals surface area contributed by atoms with Crippen molar-refractivity contribution in [2.45, 2.75) is 18.6 Å². The van der Waals surface area contributed by atoms with Gasteiger partial charge in [0.15, 0.2) is 0 Å². The topological polar surface area (TPSA) is 48.0 Å². The number of hydrogen-bond donors (Lipinski definition) is 0. The zero-order valence-corrected chi connectivity index (χ0v) is 13.9. The molecule has 0 aliphatic carbocycles. The van der Waals surface area contributed by atoms with E-state index in [1.165, 1.54) is 18.1 Å². The predicted octanol–water partition coefficient (Wildman–Crippen LogP) is 2.24. The fraction of sp³-hybridized carbons (Fsp3) is 0.533. The number of hydroxylamine groups is 2. The molecule has 7 heteroatoms. The Morgan fingerprint density at radius 2 is 2.36 bits per heavy atom. The average molecular weight is 374 g/mol. The normalized spacial score (nSPS) is 30.6. The molecule has 0 N–H and O–H groups in total. The number of hydrogen-bond acceptors (Lipinski definition) is 4. The van der Waals surface area contributed by atoms with Crippen LogP contribution in [-0.4, -0.2) is 44.0 Å². The maximum Gasteiger partial charge on any atom is 0.243 e. The van der Waals surface area contributed by atoms with Crippen LogP contribution in [0, 0.1) is 11.7 Å². The standard InChI is InChI=1S/C15H17BrFNO4/c1-9(19)18-15(11-5-10(16)3-4-13(11)17)8-21-14(7-20-2)12(15)6-22-18/h3-5,12,14H,6-8H2,1-2H3. The molecular weight excluding hydrogens is 357 g/mol. The van der Waals surface area contributed by atoms with E-state index in [0.29, 0.717) is 18.8 Å². The summed E-state index contributed by atoms with van der Waals surface area (Å²) < 4.78 is 26.2. The first kappa shape index (κ1) is 15.9. The summed E-state index contributed by atoms with van der Waals surface area (Å²) >= 11 is 3.36. The third-order valence-corrected chi connectivity index (χ3v) is 4.83. The number of benzene rings is 1. The monoisotopic (exact) mass is 373 g/mol. The number of halogens is 2. The largest absolute Gasteiger partial charge is 0.382 e. The lowest BCUT2D eigenvalue weighted by Crippen LogP contribution is -2.48. The predicted molar refractivity (Wildman–Crippen MR) is 79.4 cm³/mol. The fourth-order valence-corrected chi connectivity index (χ4v) is 3.77. The van der Waals surface area contributed by atoms with E-state index in [2.05, 4.69) is 15.9 Å². The Morgan fingerprint density at radius 3 is 3.05 bits per heavy atom. The lowest BCUT2D eigenvalue weighted by molar-refractivity contribution is -0.194. The van der Waals surface area contributed by atoms with Crippen molar-refractivity contribution in [2.75, 3.05) is 26.9 Å². The molecule has 3 atom stereocenters. The zero-order valence-electron chi connectivity index (χ0n) is 12.3. The first-order valence-corrected chi connectivity index (χ1v) is 7.79. The lowest BCUT2D eigenvalue weighted by Gasteiger charge is -2.35. The Labute approximate surface area is 136 Å². The number of methoxy groups -OCH3 is 1. The highest BCUT2D eigenvalue weighted by Crippen LogP contribution is 2.50. The minimum atomic E-state index is -0.955. The van der Waals surface area contributed by atoms with Crippen molar-refractivity contribution in [1.29, 1.82) is 0 Å². The Morgan fingerprint density at radius 1 is 1.59 bits per heavy atom. The van der Waals surface area contributed by atoms with Gasteiger partial charge in [0.2, 0.25) is 5.91 Å². The van der Waals surface area contributed by atoms with Gasteiger partial charge in [-0.05, 0) is 18.2 Å². The number of fused-ring (bicyclic) bond motifs is 1. The summed E-state index contributed by atoms with van der Waals surface area (Å²) in [6.45, 7) is 2.25. The van der Waals surface area contributed by atoms with Crippen LogP contribution in [0.2, 0.25) is 0 Å². The second-order valence-corrected chi connectivity index (χ2v) is 6.48. The quantitative estimate of drug-likeness (QED) is 0.815. The number of carbonyl (C=O) groups is 1. The van der Waals surface area contributed by atoms with Crippen molar-refractivity contribution in [3.8, 4) is 0 Å². The Kier molecular flexibility index (Phi) is 4.24. The van der Waals surface area contributed by atoms with Crippen LogP contribution in [-0.2, 0) is 24.6 Å². The summed E-state index contributed by atoms with van der Waals surface area (Å²) in [5, 5.41) is 1.26. The van der Waals surface area contributed by atoms with Crippen LogP contribution < -0.4 is 0 Å². The van der Waals surface area contributed by atoms with E-state index in [9.17, 15) is 9.18 Å². The first-order valence-electron chi connectivity index (χ1n) is 7.00. The molecule has 2 aliphatic heterocycles. The maximum atomic E-state index is 14.5. The Balaban J connectivity index is 2.12. The third-order valence-electron chi connectivity index (χ3n) is 4.34. The second-order valence-electron chi connectivity index (χ2n) is 5.57. The molecule has 2 fully saturated rings. The number of rotatable bonds is 3. The summed E-state index contributed by atoms with van der Waals surface area (Å²) in [7, 11) is 1.58. The van der Waals surface area contributed by atoms with Gasteiger partial charge in [0, 0.05) is 30.0 Å². The molecule has 1 aromatic carbocycles. The van der Waals surface area contributed by atoms with Gasteiger partial charge in [-0.15, -0.1) is 0 Å². The van der Waals surface area contributed by atoms with Crippen molar-refractivity contribution in [1.82, 2.24) is 5.06 Å². The minimum Gasteiger partial charge on any atom is -0.382 e. The van der Waals surface area contributed by atoms with E-state index in [4.69, 9.17) is 14.3 Å². The summed E-state index contributed by atoms with van der Waals surface area (Å²) in [5.41, 5.74) is -0.554. The van der Waals surface area contributed by atoms with Crippen LogP contribution in [0.15, 0.2) is 22.7 Å². The number of ether oxygens (including phenoxy) is 2. The molecule has 5 nitrogen and oxygen atoms in total. The van der Waals surface area contributed by atoms with Crippen molar-refractivity contribution >= 4 is 21.8 Å². The van der Waals surface area contributed by atoms with E-state index >= 15 is 0 Å². The molecule has 0 bridgehead atoms. The van der Waals surface area contributed by atoms with Gasteiger partial charge in [0.05, 0.1) is 25.9 Å². The van der Waals surface area contributed by atoms with Gasteiger partial charge in [0.1, 0.15) is 11.4 Å². The summed E-state index contributed by atoms with van der Waals surface area (Å²) in [6, 6.07) is 4.69. The van der Waals surface area contributed by atoms with Crippen LogP contribution >= 0.6 is 15.9 Å². The maximum absolute atomic E-state index is 14.5. The van der Waals surface area contributed by atoms with Gasteiger partial charge in [-0.3, -0.25) is 9.63 Å². The van der Waals surface area contributed by atoms with Crippen LogP contribution in [0.3, 0.4) is 0 Å². The smallest absolute Gasteiger partial charge is 0.243 e. The molecule has 2 aliphatic rings. The molecule has 2 saturated heterocycles. The van der Waals surface area contributed by atoms with Gasteiger partial charge in [0.25, 0.3) is 0 Å². The van der Waals surface area contributed by atoms with E-state index in [1.54, 1.807) is 19.2 Å². The van der Waals surface area contributed by atoms with Crippen LogP contribution in [0.1, 0.15) is 12.5 Å². The third kappa shape index (κ3) is 2.27. The highest BCUT2D eigenvalue weighted by atomic mass is 79.9. The zero-order chi connectivity index (χ0) is 15.9. The molecule has 2 heterocycles. The Hall–Kier alpha value is -1.02. The highest BCUT2D eigenvalue weighted by molar-refractivity contribution is 9.10. The second kappa shape index (κ2) is 5.88. The van der Waals surface area contributed by atoms with E-state index in [-0.39, 0.29) is 30.4 Å². The Bertz CT molecular complexity index is 599. The van der Waals surface area contributed by atoms with Crippen molar-refractivity contribution in [3.63, 3.8) is 0 Å². The molecular formula is C15H17BrFNO4. The average Bonchev–Trinajstić information content (AvgIpc) is 3.01. The molecule has 0 saturated carbocycles. The first-order chi connectivity index (χ1) is 10.5. The molecule has 0 radical (unpaired) electrons. The van der Waals surface area contributed by atoms with Crippen molar-refractivity contribution in [3.05, 3.63) is 34.1 Å². The summed E-state index contributed by atoms with van der Waals surface area (Å²) in [6.07, 6.45) is -0.243. The summed E-state index contributed by atoms with van der Waals surface area (Å²) in [5.74, 6) is -0.838. The van der Waals surface area contributed by atoms with Gasteiger partial charge in [-0.25, -0.2) is 9.45 Å². The fourth-order valence-electron chi connectivity index (χ4n) is 3.41. The lowest BCUT2D eigenvalue weighted by atomic mass is 9.78. The number of carbonyl (C=O) groups excluding carboxylic acids is 1. The van der Waals surface area contributed by atoms with Crippen LogP contribution in [0.5, 0.6) is 0 Å².